The minimum atomic E-state index is -0.299. The molecule has 4 nitrogen and oxygen atoms in total. The van der Waals surface area contributed by atoms with Gasteiger partial charge in [0.15, 0.2) is 0 Å². The Morgan fingerprint density at radius 3 is 2.90 bits per heavy atom. The summed E-state index contributed by atoms with van der Waals surface area (Å²) in [7, 11) is 0. The SMILES string of the molecule is Cc1cc2c(OCc3ccccc3F)nc(N)nc2s1. The molecule has 0 bridgehead atoms. The number of nitrogen functional groups attached to an aromatic ring is 1. The molecule has 0 unspecified atom stereocenters. The molecule has 1 aromatic carbocycles. The highest BCUT2D eigenvalue weighted by molar-refractivity contribution is 7.18. The standard InChI is InChI=1S/C14H12FN3OS/c1-8-6-10-12(17-14(16)18-13(10)20-8)19-7-9-4-2-3-5-11(9)15/h2-6H,7H2,1H3,(H2,16,17,18). The topological polar surface area (TPSA) is 61.0 Å². The maximum Gasteiger partial charge on any atom is 0.227 e. The zero-order valence-electron chi connectivity index (χ0n) is 10.8. The summed E-state index contributed by atoms with van der Waals surface area (Å²) in [5.74, 6) is 0.246. The largest absolute Gasteiger partial charge is 0.472 e. The lowest BCUT2D eigenvalue weighted by Gasteiger charge is -2.07. The molecule has 0 saturated carbocycles. The van der Waals surface area contributed by atoms with E-state index in [2.05, 4.69) is 9.97 Å². The van der Waals surface area contributed by atoms with E-state index in [-0.39, 0.29) is 18.4 Å². The Bertz CT molecular complexity index is 772. The molecule has 102 valence electrons. The number of benzene rings is 1. The van der Waals surface area contributed by atoms with E-state index < -0.39 is 0 Å². The predicted octanol–water partition coefficient (Wildman–Crippen LogP) is 3.30. The monoisotopic (exact) mass is 289 g/mol. The molecule has 2 heterocycles. The van der Waals surface area contributed by atoms with Gasteiger partial charge in [-0.1, -0.05) is 18.2 Å². The summed E-state index contributed by atoms with van der Waals surface area (Å²) in [4.78, 5) is 10.1. The predicted molar refractivity (Wildman–Crippen MR) is 77.3 cm³/mol. The van der Waals surface area contributed by atoms with Crippen molar-refractivity contribution < 1.29 is 9.13 Å². The molecule has 0 spiro atoms. The quantitative estimate of drug-likeness (QED) is 0.803. The number of hydrogen-bond donors (Lipinski definition) is 1. The second-order valence-corrected chi connectivity index (χ2v) is 5.58. The van der Waals surface area contributed by atoms with Crippen molar-refractivity contribution >= 4 is 27.5 Å². The van der Waals surface area contributed by atoms with E-state index in [1.165, 1.54) is 17.4 Å². The van der Waals surface area contributed by atoms with E-state index in [4.69, 9.17) is 10.5 Å². The first kappa shape index (κ1) is 12.8. The number of nitrogens with zero attached hydrogens (tertiary/aromatic N) is 2. The average Bonchev–Trinajstić information content (AvgIpc) is 2.77. The van der Waals surface area contributed by atoms with Crippen LogP contribution in [0.3, 0.4) is 0 Å². The van der Waals surface area contributed by atoms with Crippen molar-refractivity contribution in [2.45, 2.75) is 13.5 Å². The van der Waals surface area contributed by atoms with Crippen LogP contribution < -0.4 is 10.5 Å². The number of aryl methyl sites for hydroxylation is 1. The minimum absolute atomic E-state index is 0.104. The van der Waals surface area contributed by atoms with E-state index in [9.17, 15) is 4.39 Å². The van der Waals surface area contributed by atoms with Gasteiger partial charge in [0, 0.05) is 10.4 Å². The number of anilines is 1. The number of aromatic nitrogens is 2. The zero-order valence-corrected chi connectivity index (χ0v) is 11.6. The molecule has 6 heteroatoms. The molecule has 0 aliphatic rings. The Morgan fingerprint density at radius 2 is 2.10 bits per heavy atom. The minimum Gasteiger partial charge on any atom is -0.472 e. The first-order valence-corrected chi connectivity index (χ1v) is 6.85. The molecular weight excluding hydrogens is 277 g/mol. The van der Waals surface area contributed by atoms with Crippen molar-refractivity contribution in [3.63, 3.8) is 0 Å². The molecule has 2 aromatic heterocycles. The summed E-state index contributed by atoms with van der Waals surface area (Å²) in [6, 6.07) is 8.42. The van der Waals surface area contributed by atoms with Gasteiger partial charge in [-0.25, -0.2) is 9.37 Å². The van der Waals surface area contributed by atoms with Crippen LogP contribution in [0, 0.1) is 12.7 Å². The fraction of sp³-hybridized carbons (Fsp3) is 0.143. The van der Waals surface area contributed by atoms with Crippen LogP contribution >= 0.6 is 11.3 Å². The van der Waals surface area contributed by atoms with Crippen molar-refractivity contribution in [1.82, 2.24) is 9.97 Å². The van der Waals surface area contributed by atoms with E-state index in [0.717, 1.165) is 15.1 Å². The van der Waals surface area contributed by atoms with Gasteiger partial charge in [-0.05, 0) is 19.1 Å². The van der Waals surface area contributed by atoms with Gasteiger partial charge in [0.2, 0.25) is 11.8 Å². The highest BCUT2D eigenvalue weighted by Gasteiger charge is 2.11. The van der Waals surface area contributed by atoms with Crippen LogP contribution in [0.5, 0.6) is 5.88 Å². The van der Waals surface area contributed by atoms with Crippen LogP contribution in [0.1, 0.15) is 10.4 Å². The Morgan fingerprint density at radius 1 is 1.30 bits per heavy atom. The number of halogens is 1. The van der Waals surface area contributed by atoms with Gasteiger partial charge in [-0.3, -0.25) is 0 Å². The van der Waals surface area contributed by atoms with E-state index in [0.29, 0.717) is 11.4 Å². The molecule has 3 rings (SSSR count). The van der Waals surface area contributed by atoms with Crippen LogP contribution in [-0.2, 0) is 6.61 Å². The third-order valence-corrected chi connectivity index (χ3v) is 3.76. The molecule has 3 aromatic rings. The second kappa shape index (κ2) is 5.05. The van der Waals surface area contributed by atoms with Crippen LogP contribution in [-0.4, -0.2) is 9.97 Å². The van der Waals surface area contributed by atoms with E-state index >= 15 is 0 Å². The number of rotatable bonds is 3. The third kappa shape index (κ3) is 2.42. The maximum atomic E-state index is 13.6. The normalized spacial score (nSPS) is 10.9. The Hall–Kier alpha value is -2.21. The Balaban J connectivity index is 1.93. The number of thiophene rings is 1. The number of nitrogens with two attached hydrogens (primary N) is 1. The fourth-order valence-electron chi connectivity index (χ4n) is 1.90. The second-order valence-electron chi connectivity index (χ2n) is 4.34. The van der Waals surface area contributed by atoms with Gasteiger partial charge in [0.25, 0.3) is 0 Å². The molecule has 0 atom stereocenters. The van der Waals surface area contributed by atoms with E-state index in [1.807, 2.05) is 13.0 Å². The number of fused-ring (bicyclic) bond motifs is 1. The molecule has 0 amide bonds. The van der Waals surface area contributed by atoms with Crippen molar-refractivity contribution in [2.24, 2.45) is 0 Å². The summed E-state index contributed by atoms with van der Waals surface area (Å²) in [6.07, 6.45) is 0. The highest BCUT2D eigenvalue weighted by Crippen LogP contribution is 2.30. The third-order valence-electron chi connectivity index (χ3n) is 2.82. The number of ether oxygens (including phenoxy) is 1. The van der Waals surface area contributed by atoms with E-state index in [1.54, 1.807) is 18.2 Å². The summed E-state index contributed by atoms with van der Waals surface area (Å²) in [5, 5.41) is 0.804. The number of hydrogen-bond acceptors (Lipinski definition) is 5. The lowest BCUT2D eigenvalue weighted by molar-refractivity contribution is 0.292. The highest BCUT2D eigenvalue weighted by atomic mass is 32.1. The molecule has 0 aliphatic heterocycles. The summed E-state index contributed by atoms with van der Waals surface area (Å²) in [5.41, 5.74) is 6.14. The van der Waals surface area contributed by atoms with Gasteiger partial charge >= 0.3 is 0 Å². The average molecular weight is 289 g/mol. The first-order chi connectivity index (χ1) is 9.63. The lowest BCUT2D eigenvalue weighted by Crippen LogP contribution is -2.02. The maximum absolute atomic E-state index is 13.6. The zero-order chi connectivity index (χ0) is 14.1. The Kier molecular flexibility index (Phi) is 3.23. The fourth-order valence-corrected chi connectivity index (χ4v) is 2.78. The van der Waals surface area contributed by atoms with Crippen LogP contribution in [0.4, 0.5) is 10.3 Å². The molecule has 0 radical (unpaired) electrons. The van der Waals surface area contributed by atoms with Crippen molar-refractivity contribution in [3.05, 3.63) is 46.6 Å². The van der Waals surface area contributed by atoms with Gasteiger partial charge < -0.3 is 10.5 Å². The van der Waals surface area contributed by atoms with Crippen molar-refractivity contribution in [1.29, 1.82) is 0 Å². The van der Waals surface area contributed by atoms with Gasteiger partial charge in [-0.2, -0.15) is 4.98 Å². The lowest BCUT2D eigenvalue weighted by atomic mass is 10.2. The van der Waals surface area contributed by atoms with Gasteiger partial charge in [0.1, 0.15) is 17.3 Å². The molecule has 0 fully saturated rings. The molecular formula is C14H12FN3OS. The molecule has 0 saturated heterocycles. The Labute approximate surface area is 119 Å². The first-order valence-electron chi connectivity index (χ1n) is 6.03. The van der Waals surface area contributed by atoms with Crippen LogP contribution in [0.25, 0.3) is 10.2 Å². The summed E-state index contributed by atoms with van der Waals surface area (Å²) < 4.78 is 19.2. The molecule has 2 N–H and O–H groups in total. The van der Waals surface area contributed by atoms with Crippen LogP contribution in [0.15, 0.2) is 30.3 Å². The van der Waals surface area contributed by atoms with Gasteiger partial charge in [0.05, 0.1) is 5.39 Å². The molecule has 0 aliphatic carbocycles. The van der Waals surface area contributed by atoms with Crippen LogP contribution in [0.2, 0.25) is 0 Å². The van der Waals surface area contributed by atoms with Crippen molar-refractivity contribution in [3.8, 4) is 5.88 Å². The van der Waals surface area contributed by atoms with Crippen molar-refractivity contribution in [2.75, 3.05) is 5.73 Å². The summed E-state index contributed by atoms with van der Waals surface area (Å²) >= 11 is 1.52. The molecule has 20 heavy (non-hydrogen) atoms. The summed E-state index contributed by atoms with van der Waals surface area (Å²) in [6.45, 7) is 2.08. The van der Waals surface area contributed by atoms with Gasteiger partial charge in [-0.15, -0.1) is 11.3 Å². The smallest absolute Gasteiger partial charge is 0.227 e.